The topological polar surface area (TPSA) is 61.7 Å². The first-order valence-electron chi connectivity index (χ1n) is 6.58. The fourth-order valence-corrected chi connectivity index (χ4v) is 2.20. The number of aromatic nitrogens is 4. The first-order chi connectivity index (χ1) is 9.10. The van der Waals surface area contributed by atoms with E-state index in [4.69, 9.17) is 5.73 Å². The minimum absolute atomic E-state index is 0.325. The van der Waals surface area contributed by atoms with Crippen molar-refractivity contribution in [3.05, 3.63) is 31.0 Å². The Morgan fingerprint density at radius 2 is 2.21 bits per heavy atom. The summed E-state index contributed by atoms with van der Waals surface area (Å²) >= 11 is 0. The Hall–Kier alpha value is -2.04. The summed E-state index contributed by atoms with van der Waals surface area (Å²) in [6.07, 6.45) is 6.31. The van der Waals surface area contributed by atoms with Crippen LogP contribution in [-0.4, -0.2) is 19.1 Å². The van der Waals surface area contributed by atoms with Crippen LogP contribution >= 0.6 is 0 Å². The standard InChI is InChI=1S/C14H21N5/c1-5-7-18-12(6-2)17-13(14(18)15)11-8-16-9-19(11)10(3)4/h5,8-10H,1,6-7,15H2,2-4H3. The summed E-state index contributed by atoms with van der Waals surface area (Å²) in [6.45, 7) is 10.7. The summed E-state index contributed by atoms with van der Waals surface area (Å²) in [5.74, 6) is 1.66. The quantitative estimate of drug-likeness (QED) is 0.840. The van der Waals surface area contributed by atoms with Crippen LogP contribution in [0.15, 0.2) is 25.2 Å². The van der Waals surface area contributed by atoms with Gasteiger partial charge in [-0.05, 0) is 13.8 Å². The van der Waals surface area contributed by atoms with E-state index in [1.807, 2.05) is 23.2 Å². The number of anilines is 1. The Bertz CT molecular complexity index is 577. The summed E-state index contributed by atoms with van der Waals surface area (Å²) in [5, 5.41) is 0. The van der Waals surface area contributed by atoms with Crippen molar-refractivity contribution < 1.29 is 0 Å². The lowest BCUT2D eigenvalue weighted by atomic mass is 10.3. The molecule has 0 bridgehead atoms. The molecule has 2 N–H and O–H groups in total. The first-order valence-corrected chi connectivity index (χ1v) is 6.58. The Morgan fingerprint density at radius 3 is 2.79 bits per heavy atom. The molecule has 0 amide bonds. The van der Waals surface area contributed by atoms with E-state index in [9.17, 15) is 0 Å². The van der Waals surface area contributed by atoms with Crippen molar-refractivity contribution in [3.63, 3.8) is 0 Å². The Kier molecular flexibility index (Phi) is 3.74. The molecule has 2 heterocycles. The van der Waals surface area contributed by atoms with E-state index in [1.165, 1.54) is 0 Å². The van der Waals surface area contributed by atoms with E-state index < -0.39 is 0 Å². The third-order valence-corrected chi connectivity index (χ3v) is 3.18. The van der Waals surface area contributed by atoms with Gasteiger partial charge in [-0.2, -0.15) is 0 Å². The van der Waals surface area contributed by atoms with E-state index in [1.54, 1.807) is 0 Å². The van der Waals surface area contributed by atoms with Crippen molar-refractivity contribution in [2.24, 2.45) is 0 Å². The van der Waals surface area contributed by atoms with Crippen molar-refractivity contribution in [1.82, 2.24) is 19.1 Å². The Balaban J connectivity index is 2.56. The molecule has 0 aromatic carbocycles. The number of imidazole rings is 2. The summed E-state index contributed by atoms with van der Waals surface area (Å²) in [6, 6.07) is 0.325. The van der Waals surface area contributed by atoms with Crippen LogP contribution in [0.2, 0.25) is 0 Å². The molecule has 0 aliphatic heterocycles. The van der Waals surface area contributed by atoms with Gasteiger partial charge in [-0.3, -0.25) is 0 Å². The molecule has 0 aliphatic carbocycles. The number of hydrogen-bond donors (Lipinski definition) is 1. The molecule has 2 rings (SSSR count). The molecule has 0 saturated heterocycles. The van der Waals surface area contributed by atoms with Gasteiger partial charge in [-0.15, -0.1) is 6.58 Å². The molecule has 0 radical (unpaired) electrons. The number of hydrogen-bond acceptors (Lipinski definition) is 3. The van der Waals surface area contributed by atoms with Gasteiger partial charge in [0.05, 0.1) is 18.2 Å². The molecule has 0 atom stereocenters. The van der Waals surface area contributed by atoms with Gasteiger partial charge in [0.25, 0.3) is 0 Å². The van der Waals surface area contributed by atoms with Crippen LogP contribution in [0.5, 0.6) is 0 Å². The summed E-state index contributed by atoms with van der Waals surface area (Å²) < 4.78 is 4.08. The molecule has 0 spiro atoms. The second-order valence-electron chi connectivity index (χ2n) is 4.79. The molecule has 19 heavy (non-hydrogen) atoms. The maximum Gasteiger partial charge on any atom is 0.133 e. The summed E-state index contributed by atoms with van der Waals surface area (Å²) in [7, 11) is 0. The minimum atomic E-state index is 0.325. The monoisotopic (exact) mass is 259 g/mol. The van der Waals surface area contributed by atoms with Crippen LogP contribution in [0.4, 0.5) is 5.82 Å². The molecule has 0 aliphatic rings. The zero-order chi connectivity index (χ0) is 14.0. The van der Waals surface area contributed by atoms with E-state index in [-0.39, 0.29) is 0 Å². The van der Waals surface area contributed by atoms with E-state index in [0.29, 0.717) is 18.4 Å². The maximum atomic E-state index is 6.24. The number of rotatable bonds is 5. The van der Waals surface area contributed by atoms with E-state index in [0.717, 1.165) is 23.6 Å². The minimum Gasteiger partial charge on any atom is -0.383 e. The van der Waals surface area contributed by atoms with Crippen molar-refractivity contribution >= 4 is 5.82 Å². The van der Waals surface area contributed by atoms with Crippen LogP contribution in [0.3, 0.4) is 0 Å². The molecular formula is C14H21N5. The van der Waals surface area contributed by atoms with Crippen molar-refractivity contribution in [2.75, 3.05) is 5.73 Å². The SMILES string of the molecule is C=CCn1c(CC)nc(-c2cncn2C(C)C)c1N. The maximum absolute atomic E-state index is 6.24. The number of aryl methyl sites for hydroxylation is 1. The van der Waals surface area contributed by atoms with Crippen molar-refractivity contribution in [2.45, 2.75) is 39.8 Å². The number of allylic oxidation sites excluding steroid dienone is 1. The van der Waals surface area contributed by atoms with Crippen LogP contribution in [0.1, 0.15) is 32.6 Å². The molecule has 0 saturated carbocycles. The Morgan fingerprint density at radius 1 is 1.47 bits per heavy atom. The van der Waals surface area contributed by atoms with Gasteiger partial charge >= 0.3 is 0 Å². The van der Waals surface area contributed by atoms with Gasteiger partial charge in [-0.1, -0.05) is 13.0 Å². The fraction of sp³-hybridized carbons (Fsp3) is 0.429. The predicted molar refractivity (Wildman–Crippen MR) is 77.8 cm³/mol. The fourth-order valence-electron chi connectivity index (χ4n) is 2.20. The highest BCUT2D eigenvalue weighted by Crippen LogP contribution is 2.28. The second-order valence-corrected chi connectivity index (χ2v) is 4.79. The normalized spacial score (nSPS) is 11.2. The average molecular weight is 259 g/mol. The summed E-state index contributed by atoms with van der Waals surface area (Å²) in [5.41, 5.74) is 8.01. The smallest absolute Gasteiger partial charge is 0.133 e. The molecule has 0 unspecified atom stereocenters. The molecular weight excluding hydrogens is 238 g/mol. The molecule has 0 fully saturated rings. The highest BCUT2D eigenvalue weighted by molar-refractivity contribution is 5.68. The zero-order valence-corrected chi connectivity index (χ0v) is 11.8. The number of nitrogens with zero attached hydrogens (tertiary/aromatic N) is 4. The van der Waals surface area contributed by atoms with Crippen molar-refractivity contribution in [1.29, 1.82) is 0 Å². The molecule has 102 valence electrons. The van der Waals surface area contributed by atoms with Gasteiger partial charge in [0.15, 0.2) is 0 Å². The lowest BCUT2D eigenvalue weighted by Crippen LogP contribution is -2.06. The van der Waals surface area contributed by atoms with Gasteiger partial charge in [0.1, 0.15) is 17.3 Å². The summed E-state index contributed by atoms with van der Waals surface area (Å²) in [4.78, 5) is 8.87. The van der Waals surface area contributed by atoms with Crippen LogP contribution in [0.25, 0.3) is 11.4 Å². The van der Waals surface area contributed by atoms with Crippen molar-refractivity contribution in [3.8, 4) is 11.4 Å². The van der Waals surface area contributed by atoms with E-state index >= 15 is 0 Å². The Labute approximate surface area is 113 Å². The number of nitrogens with two attached hydrogens (primary N) is 1. The highest BCUT2D eigenvalue weighted by Gasteiger charge is 2.18. The first kappa shape index (κ1) is 13.4. The molecule has 2 aromatic heterocycles. The predicted octanol–water partition coefficient (Wildman–Crippen LogP) is 2.66. The lowest BCUT2D eigenvalue weighted by molar-refractivity contribution is 0.604. The largest absolute Gasteiger partial charge is 0.383 e. The third-order valence-electron chi connectivity index (χ3n) is 3.18. The zero-order valence-electron chi connectivity index (χ0n) is 11.8. The highest BCUT2D eigenvalue weighted by atomic mass is 15.2. The van der Waals surface area contributed by atoms with Gasteiger partial charge in [0.2, 0.25) is 0 Å². The molecule has 5 heteroatoms. The lowest BCUT2D eigenvalue weighted by Gasteiger charge is -2.10. The molecule has 2 aromatic rings. The third kappa shape index (κ3) is 2.28. The van der Waals surface area contributed by atoms with Gasteiger partial charge < -0.3 is 14.9 Å². The second kappa shape index (κ2) is 5.30. The van der Waals surface area contributed by atoms with Gasteiger partial charge in [0, 0.05) is 19.0 Å². The van der Waals surface area contributed by atoms with Gasteiger partial charge in [-0.25, -0.2) is 9.97 Å². The van der Waals surface area contributed by atoms with Crippen LogP contribution < -0.4 is 5.73 Å². The van der Waals surface area contributed by atoms with Crippen LogP contribution in [0, 0.1) is 0 Å². The van der Waals surface area contributed by atoms with E-state index in [2.05, 4.69) is 41.9 Å². The average Bonchev–Trinajstić information content (AvgIpc) is 2.96. The van der Waals surface area contributed by atoms with Crippen LogP contribution in [-0.2, 0) is 13.0 Å². The molecule has 5 nitrogen and oxygen atoms in total. The number of nitrogen functional groups attached to an aromatic ring is 1.